The first kappa shape index (κ1) is 27.2. The SMILES string of the molecule is Cc1cn(-c2cc(C(=O)Nc3ccc(C)c(NC(=O)C4(NCCO)NC=CS4)c3)cc(C(F)(F)F)c2)cn1. The minimum Gasteiger partial charge on any atom is -0.395 e. The Hall–Kier alpha value is -3.81. The molecule has 1 aromatic heterocycles. The fourth-order valence-corrected chi connectivity index (χ4v) is 4.53. The molecule has 1 unspecified atom stereocenters. The predicted octanol–water partition coefficient (Wildman–Crippen LogP) is 3.74. The zero-order valence-electron chi connectivity index (χ0n) is 20.4. The van der Waals surface area contributed by atoms with E-state index in [9.17, 15) is 22.8 Å². The van der Waals surface area contributed by atoms with E-state index in [-0.39, 0.29) is 30.1 Å². The molecule has 0 bridgehead atoms. The third kappa shape index (κ3) is 6.01. The molecule has 2 amide bonds. The molecule has 4 rings (SSSR count). The van der Waals surface area contributed by atoms with Crippen LogP contribution in [0, 0.1) is 13.8 Å². The van der Waals surface area contributed by atoms with Crippen molar-refractivity contribution in [2.75, 3.05) is 23.8 Å². The van der Waals surface area contributed by atoms with Crippen molar-refractivity contribution in [3.05, 3.63) is 82.9 Å². The van der Waals surface area contributed by atoms with Gasteiger partial charge in [-0.25, -0.2) is 4.98 Å². The van der Waals surface area contributed by atoms with E-state index in [1.54, 1.807) is 43.8 Å². The molecular formula is C25H25F3N6O3S. The lowest BCUT2D eigenvalue weighted by Gasteiger charge is -2.29. The summed E-state index contributed by atoms with van der Waals surface area (Å²) in [6.07, 6.45) is -0.131. The van der Waals surface area contributed by atoms with Crippen LogP contribution in [-0.2, 0) is 11.0 Å². The van der Waals surface area contributed by atoms with Gasteiger partial charge in [-0.05, 0) is 55.2 Å². The van der Waals surface area contributed by atoms with Crippen LogP contribution in [0.25, 0.3) is 5.69 Å². The molecule has 2 aromatic carbocycles. The molecule has 0 aliphatic carbocycles. The van der Waals surface area contributed by atoms with Gasteiger partial charge in [0.25, 0.3) is 11.8 Å². The number of carbonyl (C=O) groups is 2. The Balaban J connectivity index is 1.58. The number of hydrogen-bond donors (Lipinski definition) is 5. The summed E-state index contributed by atoms with van der Waals surface area (Å²) in [7, 11) is 0. The van der Waals surface area contributed by atoms with E-state index in [4.69, 9.17) is 5.11 Å². The first-order valence-electron chi connectivity index (χ1n) is 11.4. The minimum atomic E-state index is -4.66. The van der Waals surface area contributed by atoms with Crippen molar-refractivity contribution in [2.24, 2.45) is 0 Å². The van der Waals surface area contributed by atoms with Crippen LogP contribution in [-0.4, -0.2) is 44.6 Å². The van der Waals surface area contributed by atoms with Crippen LogP contribution in [0.3, 0.4) is 0 Å². The topological polar surface area (TPSA) is 120 Å². The van der Waals surface area contributed by atoms with Gasteiger partial charge in [0.05, 0.1) is 24.2 Å². The number of rotatable bonds is 8. The molecule has 13 heteroatoms. The highest BCUT2D eigenvalue weighted by molar-refractivity contribution is 8.04. The Morgan fingerprint density at radius 1 is 1.16 bits per heavy atom. The zero-order valence-corrected chi connectivity index (χ0v) is 21.2. The number of aromatic nitrogens is 2. The van der Waals surface area contributed by atoms with Crippen molar-refractivity contribution in [2.45, 2.75) is 25.0 Å². The van der Waals surface area contributed by atoms with E-state index in [2.05, 4.69) is 26.3 Å². The number of halogens is 3. The third-order valence-electron chi connectivity index (χ3n) is 5.67. The number of benzene rings is 2. The highest BCUT2D eigenvalue weighted by Crippen LogP contribution is 2.32. The monoisotopic (exact) mass is 546 g/mol. The first-order valence-corrected chi connectivity index (χ1v) is 12.3. The highest BCUT2D eigenvalue weighted by atomic mass is 32.2. The van der Waals surface area contributed by atoms with Gasteiger partial charge in [0, 0.05) is 41.6 Å². The number of nitrogens with zero attached hydrogens (tertiary/aromatic N) is 2. The number of alkyl halides is 3. The van der Waals surface area contributed by atoms with Crippen LogP contribution in [0.1, 0.15) is 27.2 Å². The fraction of sp³-hybridized carbons (Fsp3) is 0.240. The lowest BCUT2D eigenvalue weighted by molar-refractivity contribution is -0.137. The Bertz CT molecular complexity index is 1380. The zero-order chi connectivity index (χ0) is 27.5. The molecule has 0 saturated carbocycles. The quantitative estimate of drug-likeness (QED) is 0.292. The summed E-state index contributed by atoms with van der Waals surface area (Å²) in [5, 5.41) is 22.1. The van der Waals surface area contributed by atoms with Gasteiger partial charge in [-0.1, -0.05) is 17.8 Å². The average molecular weight is 547 g/mol. The average Bonchev–Trinajstić information content (AvgIpc) is 3.54. The normalized spacial score (nSPS) is 16.8. The second-order valence-corrected chi connectivity index (χ2v) is 9.64. The smallest absolute Gasteiger partial charge is 0.395 e. The summed E-state index contributed by atoms with van der Waals surface area (Å²) >= 11 is 1.19. The molecule has 0 spiro atoms. The second-order valence-electron chi connectivity index (χ2n) is 8.52. The molecular weight excluding hydrogens is 521 g/mol. The van der Waals surface area contributed by atoms with Gasteiger partial charge in [-0.15, -0.1) is 0 Å². The van der Waals surface area contributed by atoms with Gasteiger partial charge < -0.3 is 25.6 Å². The number of anilines is 2. The van der Waals surface area contributed by atoms with Crippen molar-refractivity contribution in [1.29, 1.82) is 0 Å². The number of amides is 2. The molecule has 0 saturated heterocycles. The van der Waals surface area contributed by atoms with Gasteiger partial charge in [-0.2, -0.15) is 13.2 Å². The van der Waals surface area contributed by atoms with E-state index in [0.717, 1.165) is 12.1 Å². The number of aliphatic hydroxyl groups is 1. The van der Waals surface area contributed by atoms with Crippen LogP contribution in [0.4, 0.5) is 24.5 Å². The van der Waals surface area contributed by atoms with Gasteiger partial charge in [0.15, 0.2) is 0 Å². The maximum atomic E-state index is 13.6. The van der Waals surface area contributed by atoms with Gasteiger partial charge in [0.1, 0.15) is 0 Å². The van der Waals surface area contributed by atoms with Crippen molar-refractivity contribution < 1.29 is 27.9 Å². The van der Waals surface area contributed by atoms with Crippen LogP contribution >= 0.6 is 11.8 Å². The molecule has 1 aliphatic heterocycles. The molecule has 2 heterocycles. The number of thioether (sulfide) groups is 1. The fourth-order valence-electron chi connectivity index (χ4n) is 3.71. The van der Waals surface area contributed by atoms with Gasteiger partial charge in [0.2, 0.25) is 4.99 Å². The van der Waals surface area contributed by atoms with Gasteiger partial charge in [-0.3, -0.25) is 14.9 Å². The molecule has 1 aliphatic rings. The number of carbonyl (C=O) groups excluding carboxylic acids is 2. The van der Waals surface area contributed by atoms with E-state index in [0.29, 0.717) is 16.9 Å². The lowest BCUT2D eigenvalue weighted by Crippen LogP contribution is -2.59. The maximum absolute atomic E-state index is 13.6. The van der Waals surface area contributed by atoms with Crippen LogP contribution in [0.15, 0.2) is 60.5 Å². The maximum Gasteiger partial charge on any atom is 0.416 e. The molecule has 38 heavy (non-hydrogen) atoms. The second kappa shape index (κ2) is 10.9. The largest absolute Gasteiger partial charge is 0.416 e. The summed E-state index contributed by atoms with van der Waals surface area (Å²) in [5.74, 6) is -1.20. The van der Waals surface area contributed by atoms with Crippen LogP contribution < -0.4 is 21.3 Å². The molecule has 5 N–H and O–H groups in total. The van der Waals surface area contributed by atoms with Crippen molar-refractivity contribution in [3.8, 4) is 5.69 Å². The van der Waals surface area contributed by atoms with Gasteiger partial charge >= 0.3 is 6.18 Å². The number of imidazole rings is 1. The minimum absolute atomic E-state index is 0.137. The van der Waals surface area contributed by atoms with E-state index in [1.807, 2.05) is 0 Å². The number of aliphatic hydroxyl groups excluding tert-OH is 1. The first-order chi connectivity index (χ1) is 18.0. The standard InChI is InChI=1S/C25H25F3N6O3S/c1-15-3-4-19(12-21(15)33-23(37)25(30-5-7-35)31-6-8-38-25)32-22(36)17-9-18(24(26,27)28)11-20(10-17)34-13-16(2)29-14-34/h3-4,6,8-14,30-31,35H,5,7H2,1-2H3,(H,32,36)(H,33,37). The van der Waals surface area contributed by atoms with Crippen molar-refractivity contribution >= 4 is 35.0 Å². The predicted molar refractivity (Wildman–Crippen MR) is 139 cm³/mol. The van der Waals surface area contributed by atoms with E-state index >= 15 is 0 Å². The van der Waals surface area contributed by atoms with Crippen molar-refractivity contribution in [3.63, 3.8) is 0 Å². The summed E-state index contributed by atoms with van der Waals surface area (Å²) in [6.45, 7) is 3.46. The Labute approximate surface area is 220 Å². The molecule has 0 fully saturated rings. The third-order valence-corrected chi connectivity index (χ3v) is 6.74. The number of hydrogen-bond acceptors (Lipinski definition) is 7. The summed E-state index contributed by atoms with van der Waals surface area (Å²) in [5.41, 5.74) is 0.941. The summed E-state index contributed by atoms with van der Waals surface area (Å²) < 4.78 is 42.2. The molecule has 9 nitrogen and oxygen atoms in total. The van der Waals surface area contributed by atoms with Crippen LogP contribution in [0.5, 0.6) is 0 Å². The summed E-state index contributed by atoms with van der Waals surface area (Å²) in [6, 6.07) is 7.84. The number of nitrogens with one attached hydrogen (secondary N) is 4. The Kier molecular flexibility index (Phi) is 7.81. The molecule has 3 aromatic rings. The van der Waals surface area contributed by atoms with E-state index in [1.165, 1.54) is 34.8 Å². The molecule has 0 radical (unpaired) electrons. The Morgan fingerprint density at radius 3 is 2.58 bits per heavy atom. The lowest BCUT2D eigenvalue weighted by atomic mass is 10.1. The molecule has 200 valence electrons. The van der Waals surface area contributed by atoms with Crippen molar-refractivity contribution in [1.82, 2.24) is 20.2 Å². The van der Waals surface area contributed by atoms with E-state index < -0.39 is 28.5 Å². The highest BCUT2D eigenvalue weighted by Gasteiger charge is 2.40. The Morgan fingerprint density at radius 2 is 1.95 bits per heavy atom. The molecule has 1 atom stereocenters. The van der Waals surface area contributed by atoms with Crippen LogP contribution in [0.2, 0.25) is 0 Å². The summed E-state index contributed by atoms with van der Waals surface area (Å²) in [4.78, 5) is 28.9. The number of aryl methyl sites for hydroxylation is 2.